The zero-order valence-electron chi connectivity index (χ0n) is 18.2. The van der Waals surface area contributed by atoms with Crippen molar-refractivity contribution in [2.45, 2.75) is 13.8 Å². The number of nitrogens with zero attached hydrogens (tertiary/aromatic N) is 2. The Hall–Kier alpha value is -4.66. The Morgan fingerprint density at radius 3 is 2.29 bits per heavy atom. The summed E-state index contributed by atoms with van der Waals surface area (Å²) < 4.78 is 5.12. The number of anilines is 1. The van der Waals surface area contributed by atoms with Gasteiger partial charge in [-0.1, -0.05) is 18.2 Å². The van der Waals surface area contributed by atoms with Crippen molar-refractivity contribution >= 4 is 34.9 Å². The third-order valence-corrected chi connectivity index (χ3v) is 5.58. The molecule has 0 spiro atoms. The Kier molecular flexibility index (Phi) is 5.77. The van der Waals surface area contributed by atoms with Gasteiger partial charge in [0.05, 0.1) is 27.3 Å². The van der Waals surface area contributed by atoms with Gasteiger partial charge in [0.1, 0.15) is 0 Å². The first-order valence-electron chi connectivity index (χ1n) is 10.2. The van der Waals surface area contributed by atoms with Gasteiger partial charge < -0.3 is 4.74 Å². The number of Topliss-reactive ketones (excluding diaryl/α,β-unsaturated/α-hetero) is 1. The number of esters is 1. The molecule has 0 N–H and O–H groups in total. The van der Waals surface area contributed by atoms with E-state index in [1.807, 2.05) is 13.8 Å². The van der Waals surface area contributed by atoms with Crippen LogP contribution in [-0.2, 0) is 4.74 Å². The van der Waals surface area contributed by atoms with Gasteiger partial charge in [-0.05, 0) is 55.3 Å². The smallest absolute Gasteiger partial charge is 0.338 e. The highest BCUT2D eigenvalue weighted by atomic mass is 16.6. The number of benzene rings is 3. The molecule has 0 radical (unpaired) electrons. The summed E-state index contributed by atoms with van der Waals surface area (Å²) in [5, 5.41) is 11.0. The van der Waals surface area contributed by atoms with Crippen molar-refractivity contribution in [3.8, 4) is 0 Å². The highest BCUT2D eigenvalue weighted by Gasteiger charge is 2.37. The van der Waals surface area contributed by atoms with E-state index in [9.17, 15) is 29.3 Å². The molecule has 0 fully saturated rings. The number of rotatable bonds is 6. The summed E-state index contributed by atoms with van der Waals surface area (Å²) >= 11 is 0. The number of non-ortho nitro benzene ring substituents is 1. The second-order valence-electron chi connectivity index (χ2n) is 7.78. The van der Waals surface area contributed by atoms with Gasteiger partial charge in [-0.3, -0.25) is 24.5 Å². The van der Waals surface area contributed by atoms with E-state index in [0.717, 1.165) is 22.1 Å². The normalized spacial score (nSPS) is 12.5. The summed E-state index contributed by atoms with van der Waals surface area (Å²) in [4.78, 5) is 61.8. The molecule has 4 rings (SSSR count). The topological polar surface area (TPSA) is 124 Å². The zero-order chi connectivity index (χ0) is 24.6. The van der Waals surface area contributed by atoms with Crippen molar-refractivity contribution in [1.82, 2.24) is 0 Å². The van der Waals surface area contributed by atoms with E-state index < -0.39 is 29.3 Å². The van der Waals surface area contributed by atoms with Gasteiger partial charge in [0.2, 0.25) is 0 Å². The number of fused-ring (bicyclic) bond motifs is 1. The third-order valence-electron chi connectivity index (χ3n) is 5.58. The first kappa shape index (κ1) is 22.5. The maximum absolute atomic E-state index is 12.9. The van der Waals surface area contributed by atoms with Crippen molar-refractivity contribution in [2.75, 3.05) is 11.5 Å². The molecule has 1 aliphatic heterocycles. The number of carbonyl (C=O) groups is 4. The van der Waals surface area contributed by atoms with E-state index in [2.05, 4.69) is 0 Å². The molecular weight excluding hydrogens is 440 g/mol. The van der Waals surface area contributed by atoms with Crippen LogP contribution < -0.4 is 4.90 Å². The van der Waals surface area contributed by atoms with Crippen LogP contribution in [0.15, 0.2) is 60.7 Å². The molecule has 1 heterocycles. The van der Waals surface area contributed by atoms with Crippen molar-refractivity contribution in [1.29, 1.82) is 0 Å². The largest absolute Gasteiger partial charge is 0.454 e. The van der Waals surface area contributed by atoms with E-state index in [1.54, 1.807) is 18.2 Å². The number of hydrogen-bond donors (Lipinski definition) is 0. The lowest BCUT2D eigenvalue weighted by atomic mass is 10.0. The monoisotopic (exact) mass is 458 g/mol. The van der Waals surface area contributed by atoms with Gasteiger partial charge in [0.15, 0.2) is 12.4 Å². The summed E-state index contributed by atoms with van der Waals surface area (Å²) in [7, 11) is 0. The second-order valence-corrected chi connectivity index (χ2v) is 7.78. The van der Waals surface area contributed by atoms with Crippen molar-refractivity contribution in [3.63, 3.8) is 0 Å². The Morgan fingerprint density at radius 1 is 0.882 bits per heavy atom. The number of carbonyl (C=O) groups excluding carboxylic acids is 4. The number of ketones is 1. The van der Waals surface area contributed by atoms with Crippen LogP contribution in [0.3, 0.4) is 0 Å². The number of aryl methyl sites for hydroxylation is 2. The summed E-state index contributed by atoms with van der Waals surface area (Å²) in [6.07, 6.45) is 0. The molecule has 2 amide bonds. The molecule has 0 bridgehead atoms. The minimum absolute atomic E-state index is 0.00585. The maximum atomic E-state index is 12.9. The number of nitro benzene ring substituents is 1. The van der Waals surface area contributed by atoms with E-state index in [4.69, 9.17) is 4.74 Å². The Labute approximate surface area is 193 Å². The Balaban J connectivity index is 1.52. The predicted octanol–water partition coefficient (Wildman–Crippen LogP) is 4.05. The van der Waals surface area contributed by atoms with Gasteiger partial charge in [0, 0.05) is 17.7 Å². The number of ether oxygens (including phenoxy) is 1. The summed E-state index contributed by atoms with van der Waals surface area (Å²) in [6, 6.07) is 14.2. The molecule has 0 saturated carbocycles. The van der Waals surface area contributed by atoms with E-state index >= 15 is 0 Å². The SMILES string of the molecule is Cc1ccc(C(=O)COC(=O)c2ccc3c(c2)C(=O)N(c2cccc([N+](=O)[O-])c2)C3=O)cc1C. The fraction of sp³-hybridized carbons (Fsp3) is 0.120. The molecule has 0 saturated heterocycles. The first-order valence-corrected chi connectivity index (χ1v) is 10.2. The molecule has 3 aromatic rings. The molecule has 0 unspecified atom stereocenters. The summed E-state index contributed by atoms with van der Waals surface area (Å²) in [5.41, 5.74) is 2.17. The lowest BCUT2D eigenvalue weighted by molar-refractivity contribution is -0.384. The quantitative estimate of drug-likeness (QED) is 0.179. The van der Waals surface area contributed by atoms with Gasteiger partial charge in [-0.2, -0.15) is 0 Å². The first-order chi connectivity index (χ1) is 16.2. The van der Waals surface area contributed by atoms with E-state index in [0.29, 0.717) is 5.56 Å². The molecule has 0 aromatic heterocycles. The number of amides is 2. The van der Waals surface area contributed by atoms with Crippen LogP contribution in [0.25, 0.3) is 0 Å². The molecule has 3 aromatic carbocycles. The van der Waals surface area contributed by atoms with Gasteiger partial charge >= 0.3 is 5.97 Å². The maximum Gasteiger partial charge on any atom is 0.338 e. The van der Waals surface area contributed by atoms with Crippen LogP contribution >= 0.6 is 0 Å². The van der Waals surface area contributed by atoms with Crippen LogP contribution in [0.2, 0.25) is 0 Å². The highest BCUT2D eigenvalue weighted by Crippen LogP contribution is 2.31. The Morgan fingerprint density at radius 2 is 1.59 bits per heavy atom. The minimum Gasteiger partial charge on any atom is -0.454 e. The van der Waals surface area contributed by atoms with Crippen LogP contribution in [0.1, 0.15) is 52.6 Å². The average molecular weight is 458 g/mol. The molecule has 1 aliphatic rings. The van der Waals surface area contributed by atoms with Crippen LogP contribution in [-0.4, -0.2) is 35.1 Å². The number of hydrogen-bond acceptors (Lipinski definition) is 7. The van der Waals surface area contributed by atoms with Crippen LogP contribution in [0, 0.1) is 24.0 Å². The zero-order valence-corrected chi connectivity index (χ0v) is 18.2. The van der Waals surface area contributed by atoms with E-state index in [-0.39, 0.29) is 33.8 Å². The minimum atomic E-state index is -0.825. The second kappa shape index (κ2) is 8.70. The molecule has 0 aliphatic carbocycles. The van der Waals surface area contributed by atoms with Crippen LogP contribution in [0.5, 0.6) is 0 Å². The standard InChI is InChI=1S/C25H18N2O7/c1-14-6-7-16(10-15(14)2)22(28)13-34-25(31)17-8-9-20-21(11-17)24(30)26(23(20)29)18-4-3-5-19(12-18)27(32)33/h3-12H,13H2,1-2H3. The van der Waals surface area contributed by atoms with Crippen molar-refractivity contribution < 1.29 is 28.8 Å². The average Bonchev–Trinajstić information content (AvgIpc) is 3.08. The third kappa shape index (κ3) is 4.06. The fourth-order valence-electron chi connectivity index (χ4n) is 3.56. The van der Waals surface area contributed by atoms with Gasteiger partial charge in [0.25, 0.3) is 17.5 Å². The highest BCUT2D eigenvalue weighted by molar-refractivity contribution is 6.34. The van der Waals surface area contributed by atoms with E-state index in [1.165, 1.54) is 36.4 Å². The van der Waals surface area contributed by atoms with Gasteiger partial charge in [-0.25, -0.2) is 9.69 Å². The lowest BCUT2D eigenvalue weighted by Gasteiger charge is -2.13. The van der Waals surface area contributed by atoms with Crippen molar-refractivity contribution in [2.24, 2.45) is 0 Å². The lowest BCUT2D eigenvalue weighted by Crippen LogP contribution is -2.29. The molecule has 9 nitrogen and oxygen atoms in total. The molecule has 0 atom stereocenters. The fourth-order valence-corrected chi connectivity index (χ4v) is 3.56. The van der Waals surface area contributed by atoms with Gasteiger partial charge in [-0.15, -0.1) is 0 Å². The Bertz CT molecular complexity index is 1390. The summed E-state index contributed by atoms with van der Waals surface area (Å²) in [5.74, 6) is -2.58. The predicted molar refractivity (Wildman–Crippen MR) is 121 cm³/mol. The van der Waals surface area contributed by atoms with Crippen LogP contribution in [0.4, 0.5) is 11.4 Å². The molecular formula is C25H18N2O7. The van der Waals surface area contributed by atoms with Crippen molar-refractivity contribution in [3.05, 3.63) is 104 Å². The number of nitro groups is 1. The molecule has 170 valence electrons. The summed E-state index contributed by atoms with van der Waals surface area (Å²) in [6.45, 7) is 3.31. The molecule has 34 heavy (non-hydrogen) atoms. The molecule has 9 heteroatoms. The number of imide groups is 1.